The van der Waals surface area contributed by atoms with Crippen LogP contribution in [0.25, 0.3) is 0 Å². The van der Waals surface area contributed by atoms with Crippen LogP contribution in [-0.2, 0) is 14.4 Å². The first-order chi connectivity index (χ1) is 9.00. The van der Waals surface area contributed by atoms with Gasteiger partial charge in [0, 0.05) is 6.42 Å². The van der Waals surface area contributed by atoms with Gasteiger partial charge < -0.3 is 9.63 Å². The number of benzene rings is 1. The lowest BCUT2D eigenvalue weighted by Gasteiger charge is -2.12. The molecule has 0 spiro atoms. The lowest BCUT2D eigenvalue weighted by molar-refractivity contribution is -0.168. The van der Waals surface area contributed by atoms with Crippen molar-refractivity contribution in [1.29, 1.82) is 0 Å². The third kappa shape index (κ3) is 2.52. The number of hydrogen-bond acceptors (Lipinski definition) is 5. The molecule has 1 heterocycles. The van der Waals surface area contributed by atoms with Gasteiger partial charge in [-0.05, 0) is 19.1 Å². The molecule has 0 saturated heterocycles. The average molecular weight is 261 g/mol. The third-order valence-electron chi connectivity index (χ3n) is 2.63. The lowest BCUT2D eigenvalue weighted by Crippen LogP contribution is -2.32. The summed E-state index contributed by atoms with van der Waals surface area (Å²) in [7, 11) is 0. The second-order valence-electron chi connectivity index (χ2n) is 4.12. The van der Waals surface area contributed by atoms with Crippen molar-refractivity contribution in [3.63, 3.8) is 0 Å². The quantitative estimate of drug-likeness (QED) is 0.758. The number of carbonyl (C=O) groups is 4. The van der Waals surface area contributed by atoms with Crippen LogP contribution in [-0.4, -0.2) is 28.6 Å². The van der Waals surface area contributed by atoms with Crippen molar-refractivity contribution in [3.8, 4) is 0 Å². The van der Waals surface area contributed by atoms with Crippen LogP contribution in [0.3, 0.4) is 0 Å². The predicted molar refractivity (Wildman–Crippen MR) is 62.9 cm³/mol. The molecule has 0 atom stereocenters. The molecule has 0 bridgehead atoms. The number of imide groups is 1. The van der Waals surface area contributed by atoms with Crippen LogP contribution >= 0.6 is 0 Å². The molecule has 6 heteroatoms. The molecule has 0 aromatic heterocycles. The Morgan fingerprint density at radius 2 is 1.58 bits per heavy atom. The molecule has 0 aliphatic carbocycles. The lowest BCUT2D eigenvalue weighted by atomic mass is 10.1. The van der Waals surface area contributed by atoms with Gasteiger partial charge in [0.1, 0.15) is 5.78 Å². The first-order valence-corrected chi connectivity index (χ1v) is 5.68. The van der Waals surface area contributed by atoms with Crippen LogP contribution in [0, 0.1) is 0 Å². The molecule has 0 unspecified atom stereocenters. The van der Waals surface area contributed by atoms with E-state index in [9.17, 15) is 19.2 Å². The molecule has 1 aliphatic rings. The molecular weight excluding hydrogens is 250 g/mol. The number of carbonyl (C=O) groups excluding carboxylic acids is 4. The molecule has 0 N–H and O–H groups in total. The maximum Gasteiger partial charge on any atom is 0.333 e. The second-order valence-corrected chi connectivity index (χ2v) is 4.12. The van der Waals surface area contributed by atoms with Crippen molar-refractivity contribution < 1.29 is 24.0 Å². The molecule has 1 aliphatic heterocycles. The third-order valence-corrected chi connectivity index (χ3v) is 2.63. The van der Waals surface area contributed by atoms with Gasteiger partial charge in [0.2, 0.25) is 0 Å². The van der Waals surface area contributed by atoms with E-state index in [0.29, 0.717) is 5.06 Å². The van der Waals surface area contributed by atoms with Gasteiger partial charge in [-0.25, -0.2) is 4.79 Å². The van der Waals surface area contributed by atoms with Crippen LogP contribution in [0.1, 0.15) is 40.5 Å². The number of rotatable bonds is 4. The summed E-state index contributed by atoms with van der Waals surface area (Å²) in [6.45, 7) is 1.34. The molecule has 0 radical (unpaired) electrons. The van der Waals surface area contributed by atoms with Gasteiger partial charge in [-0.1, -0.05) is 17.2 Å². The van der Waals surface area contributed by atoms with Crippen LogP contribution in [0.4, 0.5) is 0 Å². The van der Waals surface area contributed by atoms with Crippen LogP contribution in [0.15, 0.2) is 24.3 Å². The Kier molecular flexibility index (Phi) is 3.41. The minimum atomic E-state index is -0.787. The summed E-state index contributed by atoms with van der Waals surface area (Å²) in [6.07, 6.45) is -0.148. The smallest absolute Gasteiger partial charge is 0.330 e. The molecule has 98 valence electrons. The highest BCUT2D eigenvalue weighted by Gasteiger charge is 2.38. The second kappa shape index (κ2) is 5.01. The predicted octanol–water partition coefficient (Wildman–Crippen LogP) is 1.11. The Morgan fingerprint density at radius 3 is 2.05 bits per heavy atom. The van der Waals surface area contributed by atoms with Gasteiger partial charge in [-0.3, -0.25) is 9.59 Å². The monoisotopic (exact) mass is 261 g/mol. The number of hydrogen-bond donors (Lipinski definition) is 0. The van der Waals surface area contributed by atoms with Crippen molar-refractivity contribution in [2.75, 3.05) is 0 Å². The van der Waals surface area contributed by atoms with E-state index in [1.165, 1.54) is 19.1 Å². The molecular formula is C13H11NO5. The summed E-state index contributed by atoms with van der Waals surface area (Å²) in [5, 5.41) is 0.438. The fourth-order valence-electron chi connectivity index (χ4n) is 1.68. The first kappa shape index (κ1) is 12.9. The SMILES string of the molecule is CC(=O)CCC(=O)ON1C(=O)c2ccccc2C1=O. The topological polar surface area (TPSA) is 80.8 Å². The van der Waals surface area contributed by atoms with Gasteiger partial charge in [0.05, 0.1) is 17.5 Å². The summed E-state index contributed by atoms with van der Waals surface area (Å²) in [6, 6.07) is 6.20. The number of amides is 2. The van der Waals surface area contributed by atoms with Gasteiger partial charge in [0.25, 0.3) is 11.8 Å². The van der Waals surface area contributed by atoms with Crippen molar-refractivity contribution >= 4 is 23.6 Å². The Morgan fingerprint density at radius 1 is 1.05 bits per heavy atom. The van der Waals surface area contributed by atoms with E-state index in [4.69, 9.17) is 4.84 Å². The minimum absolute atomic E-state index is 0.0159. The molecule has 2 amide bonds. The molecule has 0 saturated carbocycles. The van der Waals surface area contributed by atoms with Gasteiger partial charge in [-0.2, -0.15) is 0 Å². The summed E-state index contributed by atoms with van der Waals surface area (Å²) >= 11 is 0. The van der Waals surface area contributed by atoms with Crippen molar-refractivity contribution in [3.05, 3.63) is 35.4 Å². The summed E-state index contributed by atoms with van der Waals surface area (Å²) in [5.41, 5.74) is 0.402. The Labute approximate surface area is 108 Å². The Bertz CT molecular complexity index is 543. The number of Topliss-reactive ketones (excluding diaryl/α,β-unsaturated/α-hetero) is 1. The standard InChI is InChI=1S/C13H11NO5/c1-8(15)6-7-11(16)19-14-12(17)9-4-2-3-5-10(9)13(14)18/h2-5H,6-7H2,1H3. The summed E-state index contributed by atoms with van der Waals surface area (Å²) in [4.78, 5) is 50.6. The van der Waals surface area contributed by atoms with Crippen molar-refractivity contribution in [1.82, 2.24) is 5.06 Å². The largest absolute Gasteiger partial charge is 0.333 e. The van der Waals surface area contributed by atoms with E-state index in [1.54, 1.807) is 12.1 Å². The normalized spacial score (nSPS) is 13.4. The highest BCUT2D eigenvalue weighted by Crippen LogP contribution is 2.22. The number of hydroxylamine groups is 2. The molecule has 1 aromatic rings. The van der Waals surface area contributed by atoms with Crippen molar-refractivity contribution in [2.45, 2.75) is 19.8 Å². The van der Waals surface area contributed by atoms with Gasteiger partial charge in [0.15, 0.2) is 0 Å². The highest BCUT2D eigenvalue weighted by atomic mass is 16.7. The number of fused-ring (bicyclic) bond motifs is 1. The Balaban J connectivity index is 2.08. The fraction of sp³-hybridized carbons (Fsp3) is 0.231. The number of nitrogens with zero attached hydrogens (tertiary/aromatic N) is 1. The molecule has 1 aromatic carbocycles. The van der Waals surface area contributed by atoms with Crippen LogP contribution in [0.5, 0.6) is 0 Å². The highest BCUT2D eigenvalue weighted by molar-refractivity contribution is 6.20. The average Bonchev–Trinajstić information content (AvgIpc) is 2.62. The molecule has 19 heavy (non-hydrogen) atoms. The van der Waals surface area contributed by atoms with Crippen LogP contribution < -0.4 is 0 Å². The zero-order chi connectivity index (χ0) is 14.0. The van der Waals surface area contributed by atoms with Gasteiger partial charge in [-0.15, -0.1) is 0 Å². The van der Waals surface area contributed by atoms with Crippen LogP contribution in [0.2, 0.25) is 0 Å². The Hall–Kier alpha value is -2.50. The zero-order valence-electron chi connectivity index (χ0n) is 10.2. The molecule has 0 fully saturated rings. The fourth-order valence-corrected chi connectivity index (χ4v) is 1.68. The molecule has 2 rings (SSSR count). The van der Waals surface area contributed by atoms with Crippen molar-refractivity contribution in [2.24, 2.45) is 0 Å². The number of ketones is 1. The zero-order valence-corrected chi connectivity index (χ0v) is 10.2. The first-order valence-electron chi connectivity index (χ1n) is 5.68. The maximum atomic E-state index is 11.8. The summed E-state index contributed by atoms with van der Waals surface area (Å²) in [5.74, 6) is -2.29. The van der Waals surface area contributed by atoms with E-state index in [-0.39, 0.29) is 29.8 Å². The minimum Gasteiger partial charge on any atom is -0.330 e. The van der Waals surface area contributed by atoms with Gasteiger partial charge >= 0.3 is 5.97 Å². The van der Waals surface area contributed by atoms with E-state index in [1.807, 2.05) is 0 Å². The van der Waals surface area contributed by atoms with E-state index >= 15 is 0 Å². The van der Waals surface area contributed by atoms with E-state index in [0.717, 1.165) is 0 Å². The summed E-state index contributed by atoms with van der Waals surface area (Å²) < 4.78 is 0. The maximum absolute atomic E-state index is 11.8. The molecule has 6 nitrogen and oxygen atoms in total. The van der Waals surface area contributed by atoms with E-state index < -0.39 is 17.8 Å². The van der Waals surface area contributed by atoms with E-state index in [2.05, 4.69) is 0 Å².